The molecule has 82 valence electrons. The van der Waals surface area contributed by atoms with E-state index in [0.717, 1.165) is 17.1 Å². The monoisotopic (exact) mass is 253 g/mol. The summed E-state index contributed by atoms with van der Waals surface area (Å²) in [6.07, 6.45) is 1.43. The SMILES string of the molecule is Cc1ccc(Cl)cc1NC(=O)c1cnns1. The molecule has 6 heteroatoms. The predicted molar refractivity (Wildman–Crippen MR) is 64.1 cm³/mol. The molecule has 0 aliphatic heterocycles. The summed E-state index contributed by atoms with van der Waals surface area (Å²) < 4.78 is 3.63. The third kappa shape index (κ3) is 2.37. The zero-order valence-electron chi connectivity index (χ0n) is 8.40. The van der Waals surface area contributed by atoms with Gasteiger partial charge in [0.05, 0.1) is 6.20 Å². The normalized spacial score (nSPS) is 10.1. The van der Waals surface area contributed by atoms with Gasteiger partial charge in [0.2, 0.25) is 0 Å². The fourth-order valence-electron chi connectivity index (χ4n) is 1.18. The van der Waals surface area contributed by atoms with Gasteiger partial charge in [-0.05, 0) is 36.2 Å². The Kier molecular flexibility index (Phi) is 3.17. The van der Waals surface area contributed by atoms with Gasteiger partial charge in [-0.1, -0.05) is 22.2 Å². The third-order valence-corrected chi connectivity index (χ3v) is 2.93. The van der Waals surface area contributed by atoms with Crippen molar-refractivity contribution >= 4 is 34.7 Å². The lowest BCUT2D eigenvalue weighted by molar-refractivity contribution is 0.103. The molecule has 0 spiro atoms. The summed E-state index contributed by atoms with van der Waals surface area (Å²) >= 11 is 6.91. The molecule has 2 aromatic rings. The Labute approximate surface area is 101 Å². The van der Waals surface area contributed by atoms with Crippen LogP contribution in [-0.2, 0) is 0 Å². The van der Waals surface area contributed by atoms with Gasteiger partial charge in [0.15, 0.2) is 0 Å². The van der Waals surface area contributed by atoms with Crippen molar-refractivity contribution in [2.45, 2.75) is 6.92 Å². The van der Waals surface area contributed by atoms with E-state index in [9.17, 15) is 4.79 Å². The molecule has 0 fully saturated rings. The number of hydrogen-bond donors (Lipinski definition) is 1. The molecule has 1 N–H and O–H groups in total. The Bertz CT molecular complexity index is 513. The molecule has 0 aliphatic carbocycles. The van der Waals surface area contributed by atoms with Crippen LogP contribution in [0.3, 0.4) is 0 Å². The Morgan fingerprint density at radius 3 is 3.00 bits per heavy atom. The van der Waals surface area contributed by atoms with Crippen molar-refractivity contribution in [3.63, 3.8) is 0 Å². The smallest absolute Gasteiger partial charge is 0.269 e. The number of nitrogens with zero attached hydrogens (tertiary/aromatic N) is 2. The first-order valence-corrected chi connectivity index (χ1v) is 5.67. The summed E-state index contributed by atoms with van der Waals surface area (Å²) in [5.41, 5.74) is 1.65. The van der Waals surface area contributed by atoms with E-state index < -0.39 is 0 Å². The molecule has 16 heavy (non-hydrogen) atoms. The van der Waals surface area contributed by atoms with Crippen LogP contribution in [0, 0.1) is 6.92 Å². The summed E-state index contributed by atoms with van der Waals surface area (Å²) in [6.45, 7) is 1.90. The molecule has 0 saturated heterocycles. The molecular formula is C10H8ClN3OS. The van der Waals surface area contributed by atoms with Crippen LogP contribution in [0.25, 0.3) is 0 Å². The van der Waals surface area contributed by atoms with Crippen molar-refractivity contribution in [3.05, 3.63) is 39.9 Å². The molecule has 0 aliphatic rings. The first-order chi connectivity index (χ1) is 7.66. The maximum absolute atomic E-state index is 11.7. The second kappa shape index (κ2) is 4.59. The second-order valence-corrected chi connectivity index (χ2v) is 4.42. The molecular weight excluding hydrogens is 246 g/mol. The van der Waals surface area contributed by atoms with Gasteiger partial charge >= 0.3 is 0 Å². The average Bonchev–Trinajstić information content (AvgIpc) is 2.76. The summed E-state index contributed by atoms with van der Waals surface area (Å²) in [4.78, 5) is 12.2. The summed E-state index contributed by atoms with van der Waals surface area (Å²) in [7, 11) is 0. The minimum atomic E-state index is -0.222. The Morgan fingerprint density at radius 1 is 1.50 bits per heavy atom. The number of halogens is 1. The van der Waals surface area contributed by atoms with Gasteiger partial charge < -0.3 is 5.32 Å². The third-order valence-electron chi connectivity index (χ3n) is 2.03. The van der Waals surface area contributed by atoms with Crippen LogP contribution in [0.4, 0.5) is 5.69 Å². The van der Waals surface area contributed by atoms with Crippen LogP contribution >= 0.6 is 23.1 Å². The van der Waals surface area contributed by atoms with Gasteiger partial charge in [-0.3, -0.25) is 4.79 Å². The van der Waals surface area contributed by atoms with Crippen LogP contribution in [0.5, 0.6) is 0 Å². The highest BCUT2D eigenvalue weighted by atomic mass is 35.5. The first-order valence-electron chi connectivity index (χ1n) is 4.51. The van der Waals surface area contributed by atoms with Crippen LogP contribution in [0.1, 0.15) is 15.2 Å². The van der Waals surface area contributed by atoms with Crippen LogP contribution < -0.4 is 5.32 Å². The molecule has 0 saturated carbocycles. The van der Waals surface area contributed by atoms with E-state index in [-0.39, 0.29) is 5.91 Å². The van der Waals surface area contributed by atoms with Crippen LogP contribution in [0.2, 0.25) is 5.02 Å². The fourth-order valence-corrected chi connectivity index (χ4v) is 1.76. The van der Waals surface area contributed by atoms with E-state index in [1.807, 2.05) is 13.0 Å². The quantitative estimate of drug-likeness (QED) is 0.895. The second-order valence-electron chi connectivity index (χ2n) is 3.20. The number of aryl methyl sites for hydroxylation is 1. The number of benzene rings is 1. The lowest BCUT2D eigenvalue weighted by Gasteiger charge is -2.06. The van der Waals surface area contributed by atoms with E-state index in [4.69, 9.17) is 11.6 Å². The fraction of sp³-hybridized carbons (Fsp3) is 0.100. The summed E-state index contributed by atoms with van der Waals surface area (Å²) in [6, 6.07) is 5.34. The molecule has 1 aromatic carbocycles. The maximum atomic E-state index is 11.7. The van der Waals surface area contributed by atoms with Gasteiger partial charge in [-0.25, -0.2) is 0 Å². The van der Waals surface area contributed by atoms with Crippen LogP contribution in [-0.4, -0.2) is 15.5 Å². The molecule has 1 amide bonds. The molecule has 0 bridgehead atoms. The summed E-state index contributed by atoms with van der Waals surface area (Å²) in [5.74, 6) is -0.222. The topological polar surface area (TPSA) is 54.9 Å². The van der Waals surface area contributed by atoms with Gasteiger partial charge in [0.1, 0.15) is 4.88 Å². The maximum Gasteiger partial charge on any atom is 0.269 e. The van der Waals surface area contributed by atoms with Gasteiger partial charge in [-0.15, -0.1) is 5.10 Å². The standard InChI is InChI=1S/C10H8ClN3OS/c1-6-2-3-7(11)4-8(6)13-10(15)9-5-12-14-16-9/h2-5H,1H3,(H,13,15). The molecule has 4 nitrogen and oxygen atoms in total. The van der Waals surface area contributed by atoms with E-state index in [2.05, 4.69) is 14.9 Å². The van der Waals surface area contributed by atoms with Gasteiger partial charge in [-0.2, -0.15) is 0 Å². The Morgan fingerprint density at radius 2 is 2.31 bits per heavy atom. The number of rotatable bonds is 2. The molecule has 0 atom stereocenters. The van der Waals surface area contributed by atoms with Crippen molar-refractivity contribution in [1.82, 2.24) is 9.59 Å². The Hall–Kier alpha value is -1.46. The highest BCUT2D eigenvalue weighted by molar-refractivity contribution is 7.07. The van der Waals surface area contributed by atoms with Crippen molar-refractivity contribution in [2.75, 3.05) is 5.32 Å². The molecule has 0 unspecified atom stereocenters. The van der Waals surface area contributed by atoms with Gasteiger partial charge in [0, 0.05) is 10.7 Å². The Balaban J connectivity index is 2.21. The molecule has 2 rings (SSSR count). The van der Waals surface area contributed by atoms with Gasteiger partial charge in [0.25, 0.3) is 5.91 Å². The van der Waals surface area contributed by atoms with Crippen molar-refractivity contribution in [3.8, 4) is 0 Å². The van der Waals surface area contributed by atoms with Crippen molar-refractivity contribution in [2.24, 2.45) is 0 Å². The largest absolute Gasteiger partial charge is 0.321 e. The number of carbonyl (C=O) groups excluding carboxylic acids is 1. The molecule has 1 aromatic heterocycles. The number of carbonyl (C=O) groups is 1. The van der Waals surface area contributed by atoms with E-state index in [0.29, 0.717) is 15.6 Å². The van der Waals surface area contributed by atoms with Crippen molar-refractivity contribution < 1.29 is 4.79 Å². The average molecular weight is 254 g/mol. The lowest BCUT2D eigenvalue weighted by Crippen LogP contribution is -2.11. The van der Waals surface area contributed by atoms with E-state index in [1.54, 1.807) is 12.1 Å². The first kappa shape index (κ1) is 11.0. The molecule has 0 radical (unpaired) electrons. The minimum absolute atomic E-state index is 0.222. The van der Waals surface area contributed by atoms with Crippen LogP contribution in [0.15, 0.2) is 24.4 Å². The summed E-state index contributed by atoms with van der Waals surface area (Å²) in [5, 5.41) is 6.95. The highest BCUT2D eigenvalue weighted by Crippen LogP contribution is 2.21. The number of nitrogens with one attached hydrogen (secondary N) is 1. The number of hydrogen-bond acceptors (Lipinski definition) is 4. The zero-order chi connectivity index (χ0) is 11.5. The van der Waals surface area contributed by atoms with E-state index >= 15 is 0 Å². The predicted octanol–water partition coefficient (Wildman–Crippen LogP) is 2.75. The number of anilines is 1. The lowest BCUT2D eigenvalue weighted by atomic mass is 10.2. The minimum Gasteiger partial charge on any atom is -0.321 e. The number of aromatic nitrogens is 2. The van der Waals surface area contributed by atoms with E-state index in [1.165, 1.54) is 6.20 Å². The number of amides is 1. The van der Waals surface area contributed by atoms with Crippen molar-refractivity contribution in [1.29, 1.82) is 0 Å². The molecule has 1 heterocycles. The highest BCUT2D eigenvalue weighted by Gasteiger charge is 2.10. The zero-order valence-corrected chi connectivity index (χ0v) is 9.97.